The normalized spacial score (nSPS) is 11.7. The SMILES string of the molecule is Cc1ccc(S(=O)(=O)N/N=C\c2cccn2-c2ccc(N(C)C)cc2)cc1. The number of aromatic nitrogens is 1. The molecule has 0 fully saturated rings. The Morgan fingerprint density at radius 1 is 1.00 bits per heavy atom. The molecule has 0 atom stereocenters. The summed E-state index contributed by atoms with van der Waals surface area (Å²) in [6, 6.07) is 18.4. The highest BCUT2D eigenvalue weighted by molar-refractivity contribution is 7.89. The van der Waals surface area contributed by atoms with E-state index in [4.69, 9.17) is 0 Å². The van der Waals surface area contributed by atoms with E-state index in [1.165, 1.54) is 6.21 Å². The highest BCUT2D eigenvalue weighted by atomic mass is 32.2. The molecule has 0 saturated heterocycles. The van der Waals surface area contributed by atoms with E-state index in [0.717, 1.165) is 22.6 Å². The fourth-order valence-electron chi connectivity index (χ4n) is 2.58. The number of anilines is 1. The van der Waals surface area contributed by atoms with Gasteiger partial charge in [0.05, 0.1) is 16.8 Å². The third-order valence-electron chi connectivity index (χ3n) is 4.13. The first-order valence-electron chi connectivity index (χ1n) is 8.43. The summed E-state index contributed by atoms with van der Waals surface area (Å²) in [5.41, 5.74) is 3.83. The van der Waals surface area contributed by atoms with E-state index in [9.17, 15) is 8.42 Å². The Bertz CT molecular complexity index is 1030. The van der Waals surface area contributed by atoms with Gasteiger partial charge in [-0.05, 0) is 55.5 Å². The summed E-state index contributed by atoms with van der Waals surface area (Å²) in [4.78, 5) is 4.47. The molecule has 2 aromatic carbocycles. The predicted octanol–water partition coefficient (Wildman–Crippen LogP) is 3.16. The van der Waals surface area contributed by atoms with Gasteiger partial charge < -0.3 is 9.47 Å². The number of aryl methyl sites for hydroxylation is 1. The van der Waals surface area contributed by atoms with Crippen molar-refractivity contribution < 1.29 is 8.42 Å². The van der Waals surface area contributed by atoms with Gasteiger partial charge in [-0.25, -0.2) is 4.83 Å². The largest absolute Gasteiger partial charge is 0.378 e. The van der Waals surface area contributed by atoms with Crippen molar-refractivity contribution in [2.75, 3.05) is 19.0 Å². The summed E-state index contributed by atoms with van der Waals surface area (Å²) in [6.07, 6.45) is 3.39. The molecule has 0 unspecified atom stereocenters. The number of sulfonamides is 1. The molecule has 3 rings (SSSR count). The maximum atomic E-state index is 12.3. The van der Waals surface area contributed by atoms with Crippen LogP contribution in [0.1, 0.15) is 11.3 Å². The van der Waals surface area contributed by atoms with Gasteiger partial charge in [0.15, 0.2) is 0 Å². The van der Waals surface area contributed by atoms with Crippen molar-refractivity contribution in [3.05, 3.63) is 78.1 Å². The number of rotatable bonds is 6. The highest BCUT2D eigenvalue weighted by Gasteiger charge is 2.12. The quantitative estimate of drug-likeness (QED) is 0.526. The minimum absolute atomic E-state index is 0.180. The van der Waals surface area contributed by atoms with E-state index >= 15 is 0 Å². The second-order valence-corrected chi connectivity index (χ2v) is 8.04. The second-order valence-electron chi connectivity index (χ2n) is 6.38. The molecular formula is C20H22N4O2S. The molecule has 140 valence electrons. The Morgan fingerprint density at radius 3 is 2.30 bits per heavy atom. The molecule has 0 spiro atoms. The molecule has 6 nitrogen and oxygen atoms in total. The van der Waals surface area contributed by atoms with Gasteiger partial charge in [0.2, 0.25) is 0 Å². The molecule has 0 saturated carbocycles. The Morgan fingerprint density at radius 2 is 1.67 bits per heavy atom. The van der Waals surface area contributed by atoms with Gasteiger partial charge >= 0.3 is 0 Å². The first-order valence-corrected chi connectivity index (χ1v) is 9.92. The van der Waals surface area contributed by atoms with Gasteiger partial charge in [0, 0.05) is 31.7 Å². The minimum Gasteiger partial charge on any atom is -0.378 e. The average Bonchev–Trinajstić information content (AvgIpc) is 3.10. The summed E-state index contributed by atoms with van der Waals surface area (Å²) in [6.45, 7) is 1.90. The maximum Gasteiger partial charge on any atom is 0.276 e. The van der Waals surface area contributed by atoms with Crippen LogP contribution in [0.15, 0.2) is 76.9 Å². The standard InChI is InChI=1S/C20H22N4O2S/c1-16-6-12-20(13-7-16)27(25,26)22-21-15-19-5-4-14-24(19)18-10-8-17(9-11-18)23(2)3/h4-15,22H,1-3H3/b21-15-. The molecule has 27 heavy (non-hydrogen) atoms. The number of hydrogen-bond donors (Lipinski definition) is 1. The Hall–Kier alpha value is -3.06. The van der Waals surface area contributed by atoms with Crippen molar-refractivity contribution in [1.29, 1.82) is 0 Å². The van der Waals surface area contributed by atoms with E-state index in [0.29, 0.717) is 0 Å². The van der Waals surface area contributed by atoms with Gasteiger partial charge in [0.25, 0.3) is 10.0 Å². The Balaban J connectivity index is 1.77. The van der Waals surface area contributed by atoms with Crippen LogP contribution in [0.5, 0.6) is 0 Å². The third kappa shape index (κ3) is 4.38. The maximum absolute atomic E-state index is 12.3. The topological polar surface area (TPSA) is 66.7 Å². The third-order valence-corrected chi connectivity index (χ3v) is 5.36. The lowest BCUT2D eigenvalue weighted by Gasteiger charge is -2.13. The average molecular weight is 382 g/mol. The number of nitrogens with zero attached hydrogens (tertiary/aromatic N) is 3. The van der Waals surface area contributed by atoms with Crippen LogP contribution in [0.2, 0.25) is 0 Å². The van der Waals surface area contributed by atoms with Crippen LogP contribution in [0.3, 0.4) is 0 Å². The lowest BCUT2D eigenvalue weighted by molar-refractivity contribution is 0.584. The van der Waals surface area contributed by atoms with Crippen molar-refractivity contribution in [1.82, 2.24) is 9.40 Å². The molecule has 1 N–H and O–H groups in total. The smallest absolute Gasteiger partial charge is 0.276 e. The summed E-state index contributed by atoms with van der Waals surface area (Å²) >= 11 is 0. The van der Waals surface area contributed by atoms with Gasteiger partial charge in [-0.1, -0.05) is 17.7 Å². The van der Waals surface area contributed by atoms with Gasteiger partial charge in [0.1, 0.15) is 0 Å². The Kier molecular flexibility index (Phi) is 5.32. The second kappa shape index (κ2) is 7.67. The first kappa shape index (κ1) is 18.7. The van der Waals surface area contributed by atoms with Crippen LogP contribution in [0, 0.1) is 6.92 Å². The van der Waals surface area contributed by atoms with Crippen molar-refractivity contribution in [3.8, 4) is 5.69 Å². The fraction of sp³-hybridized carbons (Fsp3) is 0.150. The van der Waals surface area contributed by atoms with Crippen LogP contribution >= 0.6 is 0 Å². The summed E-state index contributed by atoms with van der Waals surface area (Å²) in [5.74, 6) is 0. The number of nitrogens with one attached hydrogen (secondary N) is 1. The molecule has 0 bridgehead atoms. The van der Waals surface area contributed by atoms with Crippen LogP contribution in [0.25, 0.3) is 5.69 Å². The monoisotopic (exact) mass is 382 g/mol. The molecule has 0 radical (unpaired) electrons. The van der Waals surface area contributed by atoms with Crippen molar-refractivity contribution in [2.45, 2.75) is 11.8 Å². The van der Waals surface area contributed by atoms with E-state index < -0.39 is 10.0 Å². The molecule has 0 aliphatic heterocycles. The molecule has 0 amide bonds. The van der Waals surface area contributed by atoms with Crippen molar-refractivity contribution >= 4 is 21.9 Å². The molecule has 7 heteroatoms. The van der Waals surface area contributed by atoms with E-state index in [-0.39, 0.29) is 4.90 Å². The number of hydrazone groups is 1. The zero-order valence-electron chi connectivity index (χ0n) is 15.5. The van der Waals surface area contributed by atoms with Crippen LogP contribution < -0.4 is 9.73 Å². The lowest BCUT2D eigenvalue weighted by atomic mass is 10.2. The van der Waals surface area contributed by atoms with Crippen LogP contribution in [-0.2, 0) is 10.0 Å². The first-order chi connectivity index (χ1) is 12.9. The highest BCUT2D eigenvalue weighted by Crippen LogP contribution is 2.17. The summed E-state index contributed by atoms with van der Waals surface area (Å²) in [5, 5.41) is 3.92. The fourth-order valence-corrected chi connectivity index (χ4v) is 3.37. The molecule has 1 heterocycles. The van der Waals surface area contributed by atoms with Gasteiger partial charge in [-0.3, -0.25) is 0 Å². The molecule has 0 aliphatic carbocycles. The number of hydrogen-bond acceptors (Lipinski definition) is 4. The predicted molar refractivity (Wildman–Crippen MR) is 109 cm³/mol. The molecular weight excluding hydrogens is 360 g/mol. The van der Waals surface area contributed by atoms with Crippen LogP contribution in [0.4, 0.5) is 5.69 Å². The van der Waals surface area contributed by atoms with E-state index in [1.54, 1.807) is 24.3 Å². The molecule has 3 aromatic rings. The van der Waals surface area contributed by atoms with Crippen LogP contribution in [-0.4, -0.2) is 33.3 Å². The minimum atomic E-state index is -3.69. The van der Waals surface area contributed by atoms with Crippen molar-refractivity contribution in [2.24, 2.45) is 5.10 Å². The summed E-state index contributed by atoms with van der Waals surface area (Å²) in [7, 11) is 0.292. The zero-order chi connectivity index (χ0) is 19.4. The Labute approximate surface area is 159 Å². The lowest BCUT2D eigenvalue weighted by Crippen LogP contribution is -2.18. The molecule has 1 aromatic heterocycles. The van der Waals surface area contributed by atoms with E-state index in [1.807, 2.05) is 73.1 Å². The summed E-state index contributed by atoms with van der Waals surface area (Å²) < 4.78 is 26.5. The number of benzene rings is 2. The molecule has 0 aliphatic rings. The van der Waals surface area contributed by atoms with Crippen molar-refractivity contribution in [3.63, 3.8) is 0 Å². The van der Waals surface area contributed by atoms with Gasteiger partial charge in [-0.15, -0.1) is 0 Å². The van der Waals surface area contributed by atoms with E-state index in [2.05, 4.69) is 9.93 Å². The zero-order valence-corrected chi connectivity index (χ0v) is 16.3. The van der Waals surface area contributed by atoms with Gasteiger partial charge in [-0.2, -0.15) is 13.5 Å².